The summed E-state index contributed by atoms with van der Waals surface area (Å²) in [5.74, 6) is 0.521. The van der Waals surface area contributed by atoms with Crippen molar-refractivity contribution in [2.24, 2.45) is 0 Å². The number of carbonyl (C=O) groups is 1. The summed E-state index contributed by atoms with van der Waals surface area (Å²) in [6.45, 7) is 2.72. The van der Waals surface area contributed by atoms with Gasteiger partial charge in [-0.25, -0.2) is 4.68 Å². The van der Waals surface area contributed by atoms with E-state index in [4.69, 9.17) is 4.74 Å². The summed E-state index contributed by atoms with van der Waals surface area (Å²) in [6.07, 6.45) is 0.696. The van der Waals surface area contributed by atoms with Crippen molar-refractivity contribution in [2.75, 3.05) is 13.7 Å². The van der Waals surface area contributed by atoms with Gasteiger partial charge in [0.15, 0.2) is 5.69 Å². The third-order valence-corrected chi connectivity index (χ3v) is 4.24. The van der Waals surface area contributed by atoms with Gasteiger partial charge in [0.25, 0.3) is 11.5 Å². The predicted molar refractivity (Wildman–Crippen MR) is 101 cm³/mol. The van der Waals surface area contributed by atoms with E-state index < -0.39 is 0 Å². The molecule has 6 heteroatoms. The highest BCUT2D eigenvalue weighted by atomic mass is 16.5. The van der Waals surface area contributed by atoms with E-state index in [1.807, 2.05) is 31.2 Å². The SMILES string of the molecule is CCn1nc(C(=O)NCCc2ccc(OC)cc2)c2ccccc2c1=O. The number of aryl methyl sites for hydroxylation is 1. The van der Waals surface area contributed by atoms with Crippen molar-refractivity contribution in [3.63, 3.8) is 0 Å². The van der Waals surface area contributed by atoms with E-state index in [0.717, 1.165) is 11.3 Å². The second-order valence-corrected chi connectivity index (χ2v) is 5.87. The number of hydrogen-bond acceptors (Lipinski definition) is 4. The van der Waals surface area contributed by atoms with Crippen LogP contribution in [0.3, 0.4) is 0 Å². The van der Waals surface area contributed by atoms with E-state index in [-0.39, 0.29) is 17.2 Å². The molecule has 0 aliphatic heterocycles. The molecule has 0 spiro atoms. The molecule has 1 N–H and O–H groups in total. The highest BCUT2D eigenvalue weighted by molar-refractivity contribution is 6.04. The van der Waals surface area contributed by atoms with Gasteiger partial charge in [0.2, 0.25) is 0 Å². The van der Waals surface area contributed by atoms with Crippen molar-refractivity contribution in [1.82, 2.24) is 15.1 Å². The number of methoxy groups -OCH3 is 1. The fourth-order valence-corrected chi connectivity index (χ4v) is 2.81. The van der Waals surface area contributed by atoms with Gasteiger partial charge in [0.1, 0.15) is 5.75 Å². The number of benzene rings is 2. The molecule has 1 amide bonds. The van der Waals surface area contributed by atoms with Crippen molar-refractivity contribution >= 4 is 16.7 Å². The van der Waals surface area contributed by atoms with Gasteiger partial charge in [-0.3, -0.25) is 9.59 Å². The van der Waals surface area contributed by atoms with Gasteiger partial charge in [-0.1, -0.05) is 30.3 Å². The second-order valence-electron chi connectivity index (χ2n) is 5.87. The number of nitrogens with one attached hydrogen (secondary N) is 1. The third-order valence-electron chi connectivity index (χ3n) is 4.24. The maximum absolute atomic E-state index is 12.6. The first-order chi connectivity index (χ1) is 12.6. The van der Waals surface area contributed by atoms with Crippen molar-refractivity contribution < 1.29 is 9.53 Å². The van der Waals surface area contributed by atoms with Crippen LogP contribution >= 0.6 is 0 Å². The van der Waals surface area contributed by atoms with Crippen LogP contribution in [0.1, 0.15) is 23.0 Å². The zero-order valence-electron chi connectivity index (χ0n) is 14.9. The van der Waals surface area contributed by atoms with Crippen LogP contribution in [0.5, 0.6) is 5.75 Å². The summed E-state index contributed by atoms with van der Waals surface area (Å²) in [5, 5.41) is 8.21. The molecule has 0 atom stereocenters. The number of aromatic nitrogens is 2. The lowest BCUT2D eigenvalue weighted by Crippen LogP contribution is -2.31. The molecule has 2 aromatic carbocycles. The van der Waals surface area contributed by atoms with Crippen LogP contribution in [-0.4, -0.2) is 29.3 Å². The Morgan fingerprint density at radius 2 is 1.81 bits per heavy atom. The van der Waals surface area contributed by atoms with E-state index >= 15 is 0 Å². The van der Waals surface area contributed by atoms with Crippen LogP contribution in [0, 0.1) is 0 Å². The van der Waals surface area contributed by atoms with Gasteiger partial charge in [-0.15, -0.1) is 0 Å². The lowest BCUT2D eigenvalue weighted by molar-refractivity contribution is 0.0948. The molecule has 1 heterocycles. The molecule has 0 aliphatic carbocycles. The van der Waals surface area contributed by atoms with Gasteiger partial charge in [0, 0.05) is 18.5 Å². The zero-order chi connectivity index (χ0) is 18.5. The quantitative estimate of drug-likeness (QED) is 0.740. The standard InChI is InChI=1S/C20H21N3O3/c1-3-23-20(25)17-7-5-4-6-16(17)18(22-23)19(24)21-13-12-14-8-10-15(26-2)11-9-14/h4-11H,3,12-13H2,1-2H3,(H,21,24). The number of hydrogen-bond donors (Lipinski definition) is 1. The Balaban J connectivity index is 1.77. The minimum Gasteiger partial charge on any atom is -0.497 e. The summed E-state index contributed by atoms with van der Waals surface area (Å²) in [7, 11) is 1.63. The monoisotopic (exact) mass is 351 g/mol. The highest BCUT2D eigenvalue weighted by Gasteiger charge is 2.15. The van der Waals surface area contributed by atoms with E-state index in [1.54, 1.807) is 31.4 Å². The topological polar surface area (TPSA) is 73.2 Å². The lowest BCUT2D eigenvalue weighted by Gasteiger charge is -2.10. The Morgan fingerprint density at radius 3 is 2.46 bits per heavy atom. The third kappa shape index (κ3) is 3.59. The number of carbonyl (C=O) groups excluding carboxylic acids is 1. The van der Waals surface area contributed by atoms with Crippen LogP contribution in [0.25, 0.3) is 10.8 Å². The number of fused-ring (bicyclic) bond motifs is 1. The molecule has 0 bridgehead atoms. The maximum atomic E-state index is 12.6. The molecular weight excluding hydrogens is 330 g/mol. The Morgan fingerprint density at radius 1 is 1.12 bits per heavy atom. The Bertz CT molecular complexity index is 978. The summed E-state index contributed by atoms with van der Waals surface area (Å²) < 4.78 is 6.46. The smallest absolute Gasteiger partial charge is 0.274 e. The second kappa shape index (κ2) is 7.82. The molecule has 0 saturated carbocycles. The van der Waals surface area contributed by atoms with E-state index in [9.17, 15) is 9.59 Å². The molecule has 0 aliphatic rings. The molecule has 3 rings (SSSR count). The molecule has 26 heavy (non-hydrogen) atoms. The lowest BCUT2D eigenvalue weighted by atomic mass is 10.1. The molecule has 134 valence electrons. The van der Waals surface area contributed by atoms with Gasteiger partial charge >= 0.3 is 0 Å². The Hall–Kier alpha value is -3.15. The van der Waals surface area contributed by atoms with Gasteiger partial charge in [-0.2, -0.15) is 5.10 Å². The van der Waals surface area contributed by atoms with Gasteiger partial charge < -0.3 is 10.1 Å². The summed E-state index contributed by atoms with van der Waals surface area (Å²) >= 11 is 0. The van der Waals surface area contributed by atoms with Crippen LogP contribution in [-0.2, 0) is 13.0 Å². The molecule has 0 radical (unpaired) electrons. The summed E-state index contributed by atoms with van der Waals surface area (Å²) in [5.41, 5.74) is 1.19. The number of nitrogens with zero attached hydrogens (tertiary/aromatic N) is 2. The normalized spacial score (nSPS) is 10.7. The average molecular weight is 351 g/mol. The Labute approximate surface area is 151 Å². The number of rotatable bonds is 6. The highest BCUT2D eigenvalue weighted by Crippen LogP contribution is 2.14. The molecule has 6 nitrogen and oxygen atoms in total. The van der Waals surface area contributed by atoms with Crippen molar-refractivity contribution in [3.05, 3.63) is 70.1 Å². The van der Waals surface area contributed by atoms with Gasteiger partial charge in [-0.05, 0) is 37.1 Å². The Kier molecular flexibility index (Phi) is 5.31. The van der Waals surface area contributed by atoms with Crippen LogP contribution in [0.2, 0.25) is 0 Å². The molecule has 0 unspecified atom stereocenters. The summed E-state index contributed by atoms with van der Waals surface area (Å²) in [6, 6.07) is 14.8. The molecule has 0 fully saturated rings. The van der Waals surface area contributed by atoms with Crippen molar-refractivity contribution in [2.45, 2.75) is 19.9 Å². The molecule has 1 aromatic heterocycles. The van der Waals surface area contributed by atoms with E-state index in [1.165, 1.54) is 4.68 Å². The number of amides is 1. The zero-order valence-corrected chi connectivity index (χ0v) is 14.9. The maximum Gasteiger partial charge on any atom is 0.274 e. The molecule has 3 aromatic rings. The largest absolute Gasteiger partial charge is 0.497 e. The van der Waals surface area contributed by atoms with Crippen molar-refractivity contribution in [1.29, 1.82) is 0 Å². The van der Waals surface area contributed by atoms with E-state index in [0.29, 0.717) is 30.3 Å². The fourth-order valence-electron chi connectivity index (χ4n) is 2.81. The first kappa shape index (κ1) is 17.7. The van der Waals surface area contributed by atoms with Gasteiger partial charge in [0.05, 0.1) is 12.5 Å². The number of ether oxygens (including phenoxy) is 1. The average Bonchev–Trinajstić information content (AvgIpc) is 2.69. The fraction of sp³-hybridized carbons (Fsp3) is 0.250. The van der Waals surface area contributed by atoms with Crippen LogP contribution in [0.4, 0.5) is 0 Å². The summed E-state index contributed by atoms with van der Waals surface area (Å²) in [4.78, 5) is 25.0. The van der Waals surface area contributed by atoms with Crippen LogP contribution in [0.15, 0.2) is 53.3 Å². The predicted octanol–water partition coefficient (Wildman–Crippen LogP) is 2.40. The van der Waals surface area contributed by atoms with Crippen molar-refractivity contribution in [3.8, 4) is 5.75 Å². The first-order valence-corrected chi connectivity index (χ1v) is 8.55. The first-order valence-electron chi connectivity index (χ1n) is 8.55. The molecular formula is C20H21N3O3. The van der Waals surface area contributed by atoms with Crippen LogP contribution < -0.4 is 15.6 Å². The minimum absolute atomic E-state index is 0.183. The van der Waals surface area contributed by atoms with E-state index in [2.05, 4.69) is 10.4 Å². The minimum atomic E-state index is -0.281. The molecule has 0 saturated heterocycles.